The lowest BCUT2D eigenvalue weighted by Crippen LogP contribution is -2.30. The number of hydrogen-bond donors (Lipinski definition) is 2. The molecule has 0 spiro atoms. The average molecular weight is 270 g/mol. The van der Waals surface area contributed by atoms with E-state index in [1.165, 1.54) is 10.9 Å². The van der Waals surface area contributed by atoms with Gasteiger partial charge in [-0.25, -0.2) is 4.79 Å². The summed E-state index contributed by atoms with van der Waals surface area (Å²) in [5, 5.41) is 25.5. The molecule has 1 aliphatic rings. The first-order valence-electron chi connectivity index (χ1n) is 5.77. The van der Waals surface area contributed by atoms with Gasteiger partial charge in [0.15, 0.2) is 0 Å². The molecule has 1 aliphatic heterocycles. The van der Waals surface area contributed by atoms with Gasteiger partial charge >= 0.3 is 11.8 Å². The highest BCUT2D eigenvalue weighted by atomic mass is 16.6. The van der Waals surface area contributed by atoms with E-state index in [-0.39, 0.29) is 18.3 Å². The van der Waals surface area contributed by atoms with Gasteiger partial charge in [0, 0.05) is 13.6 Å². The fourth-order valence-corrected chi connectivity index (χ4v) is 2.21. The van der Waals surface area contributed by atoms with Gasteiger partial charge in [-0.2, -0.15) is 5.10 Å². The van der Waals surface area contributed by atoms with Crippen LogP contribution >= 0.6 is 0 Å². The summed E-state index contributed by atoms with van der Waals surface area (Å²) in [6.07, 6.45) is 0.642. The average Bonchev–Trinajstić information content (AvgIpc) is 2.92. The smallest absolute Gasteiger partial charge is 0.404 e. The van der Waals surface area contributed by atoms with Crippen LogP contribution in [0.3, 0.4) is 0 Å². The van der Waals surface area contributed by atoms with E-state index in [2.05, 4.69) is 10.4 Å². The summed E-state index contributed by atoms with van der Waals surface area (Å²) in [5.41, 5.74) is 0.349. The number of ether oxygens (including phenoxy) is 1. The van der Waals surface area contributed by atoms with E-state index >= 15 is 0 Å². The van der Waals surface area contributed by atoms with Gasteiger partial charge in [-0.3, -0.25) is 14.8 Å². The van der Waals surface area contributed by atoms with Crippen molar-refractivity contribution in [3.63, 3.8) is 0 Å². The molecule has 1 saturated heterocycles. The van der Waals surface area contributed by atoms with Crippen LogP contribution in [-0.2, 0) is 11.8 Å². The maximum absolute atomic E-state index is 10.9. The minimum Gasteiger partial charge on any atom is -0.465 e. The van der Waals surface area contributed by atoms with Crippen molar-refractivity contribution in [3.05, 3.63) is 22.0 Å². The number of aromatic nitrogens is 2. The van der Waals surface area contributed by atoms with Gasteiger partial charge in [0.05, 0.1) is 11.0 Å². The van der Waals surface area contributed by atoms with Crippen LogP contribution in [0, 0.1) is 10.1 Å². The largest absolute Gasteiger partial charge is 0.465 e. The van der Waals surface area contributed by atoms with Crippen LogP contribution < -0.4 is 5.32 Å². The lowest BCUT2D eigenvalue weighted by molar-refractivity contribution is -0.386. The Kier molecular flexibility index (Phi) is 3.65. The van der Waals surface area contributed by atoms with Crippen LogP contribution in [0.1, 0.15) is 24.6 Å². The Morgan fingerprint density at radius 2 is 2.47 bits per heavy atom. The van der Waals surface area contributed by atoms with Crippen LogP contribution in [-0.4, -0.2) is 38.6 Å². The number of rotatable bonds is 4. The monoisotopic (exact) mass is 270 g/mol. The fourth-order valence-electron chi connectivity index (χ4n) is 2.21. The van der Waals surface area contributed by atoms with Gasteiger partial charge in [-0.15, -0.1) is 0 Å². The summed E-state index contributed by atoms with van der Waals surface area (Å²) in [5.74, 6) is 0. The molecule has 0 saturated carbocycles. The van der Waals surface area contributed by atoms with Crippen molar-refractivity contribution in [1.29, 1.82) is 0 Å². The molecule has 0 aliphatic carbocycles. The number of aryl methyl sites for hydroxylation is 1. The molecule has 2 N–H and O–H groups in total. The molecule has 1 amide bonds. The Balaban J connectivity index is 2.06. The first-order chi connectivity index (χ1) is 8.99. The predicted octanol–water partition coefficient (Wildman–Crippen LogP) is 0.816. The summed E-state index contributed by atoms with van der Waals surface area (Å²) in [7, 11) is 1.62. The zero-order chi connectivity index (χ0) is 14.0. The zero-order valence-electron chi connectivity index (χ0n) is 10.3. The highest BCUT2D eigenvalue weighted by Crippen LogP contribution is 2.36. The predicted molar refractivity (Wildman–Crippen MR) is 62.7 cm³/mol. The van der Waals surface area contributed by atoms with Gasteiger partial charge < -0.3 is 15.2 Å². The standard InChI is InChI=1S/C10H14N4O5/c1-13-9(7(5-12-13)14(17)18)8-3-2-6(19-8)4-11-10(15)16/h5-6,8,11H,2-4H2,1H3,(H,15,16). The van der Waals surface area contributed by atoms with Gasteiger partial charge in [0.1, 0.15) is 18.0 Å². The summed E-state index contributed by atoms with van der Waals surface area (Å²) in [6, 6.07) is 0. The highest BCUT2D eigenvalue weighted by molar-refractivity contribution is 5.64. The van der Waals surface area contributed by atoms with E-state index in [9.17, 15) is 14.9 Å². The number of carbonyl (C=O) groups is 1. The molecule has 1 fully saturated rings. The van der Waals surface area contributed by atoms with E-state index in [1.54, 1.807) is 7.05 Å². The van der Waals surface area contributed by atoms with Crippen LogP contribution in [0.25, 0.3) is 0 Å². The molecule has 0 radical (unpaired) electrons. The minimum atomic E-state index is -1.11. The maximum Gasteiger partial charge on any atom is 0.404 e. The zero-order valence-corrected chi connectivity index (χ0v) is 10.3. The lowest BCUT2D eigenvalue weighted by Gasteiger charge is -2.13. The van der Waals surface area contributed by atoms with Gasteiger partial charge in [-0.05, 0) is 12.8 Å². The molecular weight excluding hydrogens is 256 g/mol. The van der Waals surface area contributed by atoms with Crippen LogP contribution in [0.4, 0.5) is 10.5 Å². The van der Waals surface area contributed by atoms with Crippen molar-refractivity contribution in [2.24, 2.45) is 7.05 Å². The minimum absolute atomic E-state index is 0.0701. The van der Waals surface area contributed by atoms with E-state index in [1.807, 2.05) is 0 Å². The molecule has 0 bridgehead atoms. The first-order valence-corrected chi connectivity index (χ1v) is 5.77. The molecule has 19 heavy (non-hydrogen) atoms. The topological polar surface area (TPSA) is 120 Å². The Hall–Kier alpha value is -2.16. The van der Waals surface area contributed by atoms with E-state index in [4.69, 9.17) is 9.84 Å². The van der Waals surface area contributed by atoms with Crippen molar-refractivity contribution in [1.82, 2.24) is 15.1 Å². The fraction of sp³-hybridized carbons (Fsp3) is 0.600. The van der Waals surface area contributed by atoms with E-state index in [0.29, 0.717) is 18.5 Å². The summed E-state index contributed by atoms with van der Waals surface area (Å²) in [6.45, 7) is 0.178. The number of nitro groups is 1. The van der Waals surface area contributed by atoms with Crippen molar-refractivity contribution in [3.8, 4) is 0 Å². The highest BCUT2D eigenvalue weighted by Gasteiger charge is 2.34. The van der Waals surface area contributed by atoms with E-state index in [0.717, 1.165) is 0 Å². The molecule has 2 unspecified atom stereocenters. The SMILES string of the molecule is Cn1ncc([N+](=O)[O-])c1C1CCC(CNC(=O)O)O1. The second-order valence-corrected chi connectivity index (χ2v) is 4.31. The molecule has 2 heterocycles. The third-order valence-electron chi connectivity index (χ3n) is 3.05. The Labute approximate surface area is 108 Å². The maximum atomic E-state index is 10.9. The van der Waals surface area contributed by atoms with Crippen LogP contribution in [0.2, 0.25) is 0 Å². The number of nitrogens with one attached hydrogen (secondary N) is 1. The Bertz CT molecular complexity index is 500. The molecule has 2 atom stereocenters. The molecule has 1 aromatic heterocycles. The number of carboxylic acid groups (broad SMARTS) is 1. The van der Waals surface area contributed by atoms with Crippen molar-refractivity contribution >= 4 is 11.8 Å². The molecule has 0 aromatic carbocycles. The van der Waals surface area contributed by atoms with Crippen molar-refractivity contribution < 1.29 is 19.6 Å². The quantitative estimate of drug-likeness (QED) is 0.617. The summed E-state index contributed by atoms with van der Waals surface area (Å²) in [4.78, 5) is 20.8. The van der Waals surface area contributed by atoms with Crippen LogP contribution in [0.15, 0.2) is 6.20 Å². The van der Waals surface area contributed by atoms with Crippen molar-refractivity contribution in [2.75, 3.05) is 6.54 Å². The third-order valence-corrected chi connectivity index (χ3v) is 3.05. The second kappa shape index (κ2) is 5.22. The lowest BCUT2D eigenvalue weighted by atomic mass is 10.1. The van der Waals surface area contributed by atoms with E-state index < -0.39 is 17.1 Å². The summed E-state index contributed by atoms with van der Waals surface area (Å²) < 4.78 is 7.06. The van der Waals surface area contributed by atoms with Gasteiger partial charge in [-0.1, -0.05) is 0 Å². The molecule has 2 rings (SSSR count). The second-order valence-electron chi connectivity index (χ2n) is 4.31. The van der Waals surface area contributed by atoms with Gasteiger partial charge in [0.2, 0.25) is 0 Å². The summed E-state index contributed by atoms with van der Waals surface area (Å²) >= 11 is 0. The first kappa shape index (κ1) is 13.3. The van der Waals surface area contributed by atoms with Crippen LogP contribution in [0.5, 0.6) is 0 Å². The van der Waals surface area contributed by atoms with Crippen molar-refractivity contribution in [2.45, 2.75) is 25.0 Å². The molecule has 104 valence electrons. The number of hydrogen-bond acceptors (Lipinski definition) is 5. The molecular formula is C10H14N4O5. The molecule has 9 nitrogen and oxygen atoms in total. The number of amides is 1. The molecule has 9 heteroatoms. The molecule has 1 aromatic rings. The normalized spacial score (nSPS) is 22.4. The Morgan fingerprint density at radius 1 is 1.74 bits per heavy atom. The van der Waals surface area contributed by atoms with Gasteiger partial charge in [0.25, 0.3) is 0 Å². The Morgan fingerprint density at radius 3 is 3.11 bits per heavy atom. The third kappa shape index (κ3) is 2.81. The number of nitrogens with zero attached hydrogens (tertiary/aromatic N) is 3.